The molecule has 12 nitrogen and oxygen atoms in total. The Morgan fingerprint density at radius 3 is 2.59 bits per heavy atom. The van der Waals surface area contributed by atoms with Crippen molar-refractivity contribution in [3.63, 3.8) is 0 Å². The fraction of sp³-hybridized carbons (Fsp3) is 0.423. The highest BCUT2D eigenvalue weighted by molar-refractivity contribution is 6.00. The van der Waals surface area contributed by atoms with Crippen LogP contribution in [0.3, 0.4) is 0 Å². The summed E-state index contributed by atoms with van der Waals surface area (Å²) in [5, 5.41) is 17.7. The number of aromatic amines is 1. The minimum absolute atomic E-state index is 0.0278. The second-order valence-corrected chi connectivity index (χ2v) is 9.94. The number of H-pyrrole nitrogens is 1. The number of carbonyl (C=O) groups is 3. The van der Waals surface area contributed by atoms with Gasteiger partial charge in [-0.1, -0.05) is 0 Å². The molecule has 5 N–H and O–H groups in total. The number of carbonyl (C=O) groups excluding carboxylic acids is 2. The summed E-state index contributed by atoms with van der Waals surface area (Å²) in [5.74, 6) is -3.32. The Kier molecular flexibility index (Phi) is 7.33. The van der Waals surface area contributed by atoms with Crippen LogP contribution < -0.4 is 26.3 Å². The Morgan fingerprint density at radius 1 is 1.21 bits per heavy atom. The standard InChI is InChI=1S/C26H30FN7O5/c1-14(24(36)32-20(26(38)39)8-15-11-29-13-30-15)31-25(37)18-12-34(16-2-3-16)21-10-22(33-6-4-28-5-7-33)19(27)9-17(21)23(18)35/h9-14,16,20,28H,2-8H2,1H3,(H,29,30)(H,31,37)(H,32,36)(H,38,39). The molecule has 0 spiro atoms. The van der Waals surface area contributed by atoms with Crippen molar-refractivity contribution in [2.45, 2.75) is 44.3 Å². The zero-order chi connectivity index (χ0) is 27.7. The zero-order valence-corrected chi connectivity index (χ0v) is 21.4. The number of hydrogen-bond acceptors (Lipinski definition) is 7. The number of aliphatic carboxylic acids is 1. The second-order valence-electron chi connectivity index (χ2n) is 9.94. The van der Waals surface area contributed by atoms with Crippen LogP contribution in [-0.2, 0) is 16.0 Å². The molecule has 2 unspecified atom stereocenters. The van der Waals surface area contributed by atoms with Crippen LogP contribution in [0.2, 0.25) is 0 Å². The molecule has 2 atom stereocenters. The van der Waals surface area contributed by atoms with Gasteiger partial charge in [0.15, 0.2) is 0 Å². The van der Waals surface area contributed by atoms with E-state index in [1.54, 1.807) is 6.07 Å². The third-order valence-electron chi connectivity index (χ3n) is 7.08. The topological polar surface area (TPSA) is 161 Å². The number of rotatable bonds is 9. The van der Waals surface area contributed by atoms with E-state index in [1.807, 2.05) is 9.47 Å². The first-order valence-electron chi connectivity index (χ1n) is 12.9. The Bertz CT molecular complexity index is 1460. The SMILES string of the molecule is CC(NC(=O)c1cn(C2CC2)c2cc(N3CCNCC3)c(F)cc2c1=O)C(=O)NC(Cc1cnc[nH]1)C(=O)O. The predicted octanol–water partition coefficient (Wildman–Crippen LogP) is 0.539. The number of pyridine rings is 1. The molecule has 2 amide bonds. The summed E-state index contributed by atoms with van der Waals surface area (Å²) in [6.07, 6.45) is 6.03. The van der Waals surface area contributed by atoms with Gasteiger partial charge in [-0.3, -0.25) is 14.4 Å². The molecule has 1 aromatic carbocycles. The molecule has 1 aliphatic heterocycles. The summed E-state index contributed by atoms with van der Waals surface area (Å²) in [6, 6.07) is 0.559. The molecule has 0 radical (unpaired) electrons. The number of aromatic nitrogens is 3. The molecule has 1 saturated carbocycles. The van der Waals surface area contributed by atoms with Crippen molar-refractivity contribution in [1.82, 2.24) is 30.5 Å². The zero-order valence-electron chi connectivity index (χ0n) is 21.4. The van der Waals surface area contributed by atoms with E-state index in [2.05, 4.69) is 25.9 Å². The number of nitrogens with one attached hydrogen (secondary N) is 4. The predicted molar refractivity (Wildman–Crippen MR) is 140 cm³/mol. The lowest BCUT2D eigenvalue weighted by Gasteiger charge is -2.30. The summed E-state index contributed by atoms with van der Waals surface area (Å²) < 4.78 is 17.0. The largest absolute Gasteiger partial charge is 0.480 e. The maximum atomic E-state index is 15.2. The molecule has 1 saturated heterocycles. The highest BCUT2D eigenvalue weighted by atomic mass is 19.1. The van der Waals surface area contributed by atoms with Crippen molar-refractivity contribution in [1.29, 1.82) is 0 Å². The van der Waals surface area contributed by atoms with Gasteiger partial charge >= 0.3 is 5.97 Å². The van der Waals surface area contributed by atoms with Crippen molar-refractivity contribution < 1.29 is 23.9 Å². The van der Waals surface area contributed by atoms with Gasteiger partial charge in [-0.15, -0.1) is 0 Å². The molecule has 39 heavy (non-hydrogen) atoms. The van der Waals surface area contributed by atoms with Gasteiger partial charge in [-0.05, 0) is 31.9 Å². The number of amides is 2. The fourth-order valence-corrected chi connectivity index (χ4v) is 4.78. The quantitative estimate of drug-likeness (QED) is 0.263. The molecule has 13 heteroatoms. The van der Waals surface area contributed by atoms with E-state index in [0.29, 0.717) is 30.0 Å². The van der Waals surface area contributed by atoms with Crippen LogP contribution in [0.25, 0.3) is 10.9 Å². The number of piperazine rings is 1. The number of anilines is 1. The first-order valence-corrected chi connectivity index (χ1v) is 12.9. The van der Waals surface area contributed by atoms with Crippen molar-refractivity contribution in [3.8, 4) is 0 Å². The van der Waals surface area contributed by atoms with Crippen LogP contribution >= 0.6 is 0 Å². The molecule has 3 heterocycles. The van der Waals surface area contributed by atoms with Crippen LogP contribution in [0, 0.1) is 5.82 Å². The minimum Gasteiger partial charge on any atom is -0.480 e. The van der Waals surface area contributed by atoms with Gasteiger partial charge < -0.3 is 35.5 Å². The maximum Gasteiger partial charge on any atom is 0.326 e. The van der Waals surface area contributed by atoms with E-state index < -0.39 is 41.1 Å². The van der Waals surface area contributed by atoms with Crippen LogP contribution in [0.1, 0.15) is 41.9 Å². The number of carboxylic acid groups (broad SMARTS) is 1. The molecular weight excluding hydrogens is 509 g/mol. The van der Waals surface area contributed by atoms with Gasteiger partial charge in [0.2, 0.25) is 11.3 Å². The van der Waals surface area contributed by atoms with Gasteiger partial charge in [0.25, 0.3) is 5.91 Å². The van der Waals surface area contributed by atoms with E-state index in [-0.39, 0.29) is 23.4 Å². The molecule has 3 aromatic rings. The molecule has 2 fully saturated rings. The van der Waals surface area contributed by atoms with Crippen molar-refractivity contribution in [2.75, 3.05) is 31.1 Å². The van der Waals surface area contributed by atoms with Gasteiger partial charge in [0.05, 0.1) is 17.5 Å². The average molecular weight is 540 g/mol. The van der Waals surface area contributed by atoms with Gasteiger partial charge in [-0.2, -0.15) is 0 Å². The van der Waals surface area contributed by atoms with E-state index >= 15 is 4.39 Å². The van der Waals surface area contributed by atoms with Crippen LogP contribution in [0.5, 0.6) is 0 Å². The first kappa shape index (κ1) is 26.4. The van der Waals surface area contributed by atoms with Crippen molar-refractivity contribution >= 4 is 34.4 Å². The monoisotopic (exact) mass is 539 g/mol. The van der Waals surface area contributed by atoms with Crippen LogP contribution in [0.4, 0.5) is 10.1 Å². The number of halogens is 1. The average Bonchev–Trinajstić information content (AvgIpc) is 3.63. The number of hydrogen-bond donors (Lipinski definition) is 5. The maximum absolute atomic E-state index is 15.2. The summed E-state index contributed by atoms with van der Waals surface area (Å²) in [6.45, 7) is 4.13. The van der Waals surface area contributed by atoms with E-state index in [0.717, 1.165) is 25.9 Å². The van der Waals surface area contributed by atoms with E-state index in [9.17, 15) is 24.3 Å². The lowest BCUT2D eigenvalue weighted by Crippen LogP contribution is -2.51. The molecule has 1 aliphatic carbocycles. The molecule has 2 aliphatic rings. The number of benzene rings is 1. The smallest absolute Gasteiger partial charge is 0.326 e. The molecular formula is C26H30FN7O5. The lowest BCUT2D eigenvalue weighted by molar-refractivity contribution is -0.142. The normalized spacial score (nSPS) is 17.0. The third-order valence-corrected chi connectivity index (χ3v) is 7.08. The van der Waals surface area contributed by atoms with Crippen molar-refractivity contribution in [2.24, 2.45) is 0 Å². The highest BCUT2D eigenvalue weighted by Crippen LogP contribution is 2.38. The summed E-state index contributed by atoms with van der Waals surface area (Å²) >= 11 is 0. The van der Waals surface area contributed by atoms with E-state index in [4.69, 9.17) is 0 Å². The number of nitrogens with zero attached hydrogens (tertiary/aromatic N) is 3. The number of carboxylic acids is 1. The second kappa shape index (κ2) is 10.8. The highest BCUT2D eigenvalue weighted by Gasteiger charge is 2.30. The molecule has 206 valence electrons. The number of fused-ring (bicyclic) bond motifs is 1. The van der Waals surface area contributed by atoms with E-state index in [1.165, 1.54) is 31.7 Å². The van der Waals surface area contributed by atoms with Gasteiger partial charge in [0, 0.05) is 62.1 Å². The summed E-state index contributed by atoms with van der Waals surface area (Å²) in [5.41, 5.74) is 0.644. The Labute approximate surface area is 222 Å². The fourth-order valence-electron chi connectivity index (χ4n) is 4.78. The molecule has 0 bridgehead atoms. The van der Waals surface area contributed by atoms with Crippen molar-refractivity contribution in [3.05, 3.63) is 58.2 Å². The lowest BCUT2D eigenvalue weighted by atomic mass is 10.1. The van der Waals surface area contributed by atoms with Crippen LogP contribution in [0.15, 0.2) is 35.6 Å². The molecule has 5 rings (SSSR count). The summed E-state index contributed by atoms with van der Waals surface area (Å²) in [7, 11) is 0. The Morgan fingerprint density at radius 2 is 1.95 bits per heavy atom. The summed E-state index contributed by atoms with van der Waals surface area (Å²) in [4.78, 5) is 59.4. The Balaban J connectivity index is 1.38. The minimum atomic E-state index is -1.25. The number of imidazole rings is 1. The van der Waals surface area contributed by atoms with Crippen LogP contribution in [-0.4, -0.2) is 75.7 Å². The molecule has 2 aromatic heterocycles. The first-order chi connectivity index (χ1) is 18.7. The third kappa shape index (κ3) is 5.62. The van der Waals surface area contributed by atoms with Gasteiger partial charge in [-0.25, -0.2) is 14.2 Å². The van der Waals surface area contributed by atoms with Gasteiger partial charge in [0.1, 0.15) is 23.5 Å². The Hall–Kier alpha value is -4.26.